The molecule has 0 spiro atoms. The van der Waals surface area contributed by atoms with Gasteiger partial charge in [0.25, 0.3) is 0 Å². The molecule has 0 unspecified atom stereocenters. The van der Waals surface area contributed by atoms with Crippen molar-refractivity contribution in [1.29, 1.82) is 0 Å². The molecule has 1 fully saturated rings. The summed E-state index contributed by atoms with van der Waals surface area (Å²) in [4.78, 5) is 90.5. The SMILES string of the molecule is CC(C)C[C@H](NC(=O)[C@H](C)NC(=O)[C@H](CC(=O)O)NC(=O)[C@@H]1CCCN1C(=O)[C@@H](N)Cc1ccccc1)C(=O)N[C@@H](CCCCN)C(=O)O. The number of carbonyl (C=O) groups is 7. The first-order valence-corrected chi connectivity index (χ1v) is 16.6. The van der Waals surface area contributed by atoms with Crippen LogP contribution in [0.15, 0.2) is 30.3 Å². The maximum Gasteiger partial charge on any atom is 0.326 e. The van der Waals surface area contributed by atoms with E-state index in [-0.39, 0.29) is 38.1 Å². The lowest BCUT2D eigenvalue weighted by Gasteiger charge is -2.28. The average molecular weight is 690 g/mol. The van der Waals surface area contributed by atoms with E-state index < -0.39 is 84.1 Å². The van der Waals surface area contributed by atoms with Crippen LogP contribution < -0.4 is 32.7 Å². The van der Waals surface area contributed by atoms with Crippen LogP contribution >= 0.6 is 0 Å². The molecule has 16 heteroatoms. The molecule has 6 atom stereocenters. The van der Waals surface area contributed by atoms with E-state index in [0.29, 0.717) is 25.8 Å². The van der Waals surface area contributed by atoms with Gasteiger partial charge in [0.05, 0.1) is 12.5 Å². The second kappa shape index (κ2) is 20.1. The number of nitrogens with one attached hydrogen (secondary N) is 4. The molecule has 2 rings (SSSR count). The third-order valence-corrected chi connectivity index (χ3v) is 8.12. The molecule has 1 heterocycles. The van der Waals surface area contributed by atoms with Crippen molar-refractivity contribution in [2.24, 2.45) is 17.4 Å². The summed E-state index contributed by atoms with van der Waals surface area (Å²) >= 11 is 0. The van der Waals surface area contributed by atoms with E-state index in [1.807, 2.05) is 44.2 Å². The number of carboxylic acids is 2. The van der Waals surface area contributed by atoms with Gasteiger partial charge in [0.15, 0.2) is 0 Å². The first-order valence-electron chi connectivity index (χ1n) is 16.6. The zero-order chi connectivity index (χ0) is 36.7. The van der Waals surface area contributed by atoms with Crippen LogP contribution in [0, 0.1) is 5.92 Å². The third-order valence-electron chi connectivity index (χ3n) is 8.12. The quantitative estimate of drug-likeness (QED) is 0.0789. The lowest BCUT2D eigenvalue weighted by atomic mass is 10.0. The highest BCUT2D eigenvalue weighted by molar-refractivity contribution is 5.97. The Balaban J connectivity index is 2.07. The Morgan fingerprint density at radius 1 is 0.857 bits per heavy atom. The summed E-state index contributed by atoms with van der Waals surface area (Å²) < 4.78 is 0. The highest BCUT2D eigenvalue weighted by atomic mass is 16.4. The van der Waals surface area contributed by atoms with Crippen LogP contribution in [0.25, 0.3) is 0 Å². The van der Waals surface area contributed by atoms with Crippen molar-refractivity contribution in [1.82, 2.24) is 26.2 Å². The van der Waals surface area contributed by atoms with Crippen molar-refractivity contribution in [2.75, 3.05) is 13.1 Å². The zero-order valence-corrected chi connectivity index (χ0v) is 28.4. The fourth-order valence-electron chi connectivity index (χ4n) is 5.52. The number of amides is 5. The van der Waals surface area contributed by atoms with Crippen molar-refractivity contribution in [3.8, 4) is 0 Å². The van der Waals surface area contributed by atoms with Gasteiger partial charge in [-0.2, -0.15) is 0 Å². The molecule has 10 N–H and O–H groups in total. The van der Waals surface area contributed by atoms with Gasteiger partial charge < -0.3 is 47.8 Å². The molecule has 0 aromatic heterocycles. The number of nitrogens with zero attached hydrogens (tertiary/aromatic N) is 1. The first-order chi connectivity index (χ1) is 23.1. The molecule has 1 aliphatic rings. The van der Waals surface area contributed by atoms with Crippen LogP contribution in [-0.2, 0) is 40.0 Å². The van der Waals surface area contributed by atoms with Gasteiger partial charge in [-0.15, -0.1) is 0 Å². The molecule has 1 aliphatic heterocycles. The lowest BCUT2D eigenvalue weighted by molar-refractivity contribution is -0.143. The number of carboxylic acid groups (broad SMARTS) is 2. The van der Waals surface area contributed by atoms with E-state index >= 15 is 0 Å². The topological polar surface area (TPSA) is 263 Å². The fraction of sp³-hybridized carbons (Fsp3) is 0.606. The zero-order valence-electron chi connectivity index (χ0n) is 28.4. The number of benzene rings is 1. The summed E-state index contributed by atoms with van der Waals surface area (Å²) in [6, 6.07) is 2.07. The molecule has 0 aliphatic carbocycles. The molecule has 0 radical (unpaired) electrons. The molecular weight excluding hydrogens is 638 g/mol. The van der Waals surface area contributed by atoms with Gasteiger partial charge in [0, 0.05) is 6.54 Å². The normalized spacial score (nSPS) is 17.3. The molecule has 1 aromatic carbocycles. The highest BCUT2D eigenvalue weighted by Crippen LogP contribution is 2.20. The van der Waals surface area contributed by atoms with E-state index in [1.54, 1.807) is 0 Å². The van der Waals surface area contributed by atoms with Crippen molar-refractivity contribution in [3.05, 3.63) is 35.9 Å². The molecule has 0 saturated carbocycles. The molecule has 1 aromatic rings. The van der Waals surface area contributed by atoms with Crippen molar-refractivity contribution in [2.45, 2.75) is 108 Å². The monoisotopic (exact) mass is 689 g/mol. The number of hydrogen-bond donors (Lipinski definition) is 8. The Labute approximate surface area is 286 Å². The van der Waals surface area contributed by atoms with Crippen LogP contribution in [0.4, 0.5) is 0 Å². The van der Waals surface area contributed by atoms with Gasteiger partial charge in [-0.1, -0.05) is 44.2 Å². The Morgan fingerprint density at radius 2 is 1.49 bits per heavy atom. The maximum absolute atomic E-state index is 13.3. The number of nitrogens with two attached hydrogens (primary N) is 2. The van der Waals surface area contributed by atoms with Crippen LogP contribution in [-0.4, -0.2) is 106 Å². The first kappa shape index (κ1) is 40.6. The number of hydrogen-bond acceptors (Lipinski definition) is 9. The molecule has 49 heavy (non-hydrogen) atoms. The van der Waals surface area contributed by atoms with E-state index in [1.165, 1.54) is 11.8 Å². The maximum atomic E-state index is 13.3. The van der Waals surface area contributed by atoms with E-state index in [9.17, 15) is 43.8 Å². The molecule has 16 nitrogen and oxygen atoms in total. The van der Waals surface area contributed by atoms with E-state index in [4.69, 9.17) is 11.5 Å². The number of rotatable bonds is 20. The minimum atomic E-state index is -1.59. The largest absolute Gasteiger partial charge is 0.481 e. The number of unbranched alkanes of at least 4 members (excludes halogenated alkanes) is 1. The minimum Gasteiger partial charge on any atom is -0.481 e. The Kier molecular flexibility index (Phi) is 16.6. The summed E-state index contributed by atoms with van der Waals surface area (Å²) in [5.41, 5.74) is 12.5. The molecule has 1 saturated heterocycles. The fourth-order valence-corrected chi connectivity index (χ4v) is 5.52. The predicted molar refractivity (Wildman–Crippen MR) is 179 cm³/mol. The van der Waals surface area contributed by atoms with Crippen LogP contribution in [0.5, 0.6) is 0 Å². The standard InChI is InChI=1S/C33H51N7O9/c1-19(2)16-24(30(45)37-23(33(48)49)12-7-8-14-34)38-28(43)20(3)36-29(44)25(18-27(41)42)39-31(46)26-13-9-15-40(26)32(47)22(35)17-21-10-5-4-6-11-21/h4-6,10-11,19-20,22-26H,7-9,12-18,34-35H2,1-3H3,(H,36,44)(H,37,45)(H,38,43)(H,39,46)(H,41,42)(H,48,49)/t20-,22-,23-,24-,25-,26-/m0/s1. The average Bonchev–Trinajstić information content (AvgIpc) is 3.53. The smallest absolute Gasteiger partial charge is 0.326 e. The summed E-state index contributed by atoms with van der Waals surface area (Å²) in [5, 5.41) is 28.8. The predicted octanol–water partition coefficient (Wildman–Crippen LogP) is -0.759. The highest BCUT2D eigenvalue weighted by Gasteiger charge is 2.38. The van der Waals surface area contributed by atoms with Crippen molar-refractivity contribution in [3.63, 3.8) is 0 Å². The van der Waals surface area contributed by atoms with E-state index in [0.717, 1.165) is 5.56 Å². The summed E-state index contributed by atoms with van der Waals surface area (Å²) in [6.45, 7) is 5.56. The second-order valence-corrected chi connectivity index (χ2v) is 12.7. The number of carbonyl (C=O) groups excluding carboxylic acids is 5. The summed E-state index contributed by atoms with van der Waals surface area (Å²) in [6.07, 6.45) is 1.59. The van der Waals surface area contributed by atoms with E-state index in [2.05, 4.69) is 21.3 Å². The number of likely N-dealkylation sites (tertiary alicyclic amines) is 1. The Bertz CT molecular complexity index is 1310. The minimum absolute atomic E-state index is 0.0773. The Morgan fingerprint density at radius 3 is 2.08 bits per heavy atom. The molecule has 0 bridgehead atoms. The van der Waals surface area contributed by atoms with Gasteiger partial charge in [-0.05, 0) is 69.9 Å². The third kappa shape index (κ3) is 13.5. The molecule has 5 amide bonds. The lowest BCUT2D eigenvalue weighted by Crippen LogP contribution is -2.59. The summed E-state index contributed by atoms with van der Waals surface area (Å²) in [7, 11) is 0. The second-order valence-electron chi connectivity index (χ2n) is 12.7. The molecule has 272 valence electrons. The number of aliphatic carboxylic acids is 2. The van der Waals surface area contributed by atoms with Gasteiger partial charge in [0.1, 0.15) is 30.2 Å². The van der Waals surface area contributed by atoms with Gasteiger partial charge >= 0.3 is 11.9 Å². The van der Waals surface area contributed by atoms with Gasteiger partial charge in [0.2, 0.25) is 29.5 Å². The van der Waals surface area contributed by atoms with Crippen LogP contribution in [0.3, 0.4) is 0 Å². The van der Waals surface area contributed by atoms with Crippen molar-refractivity contribution >= 4 is 41.5 Å². The van der Waals surface area contributed by atoms with Gasteiger partial charge in [-0.25, -0.2) is 4.79 Å². The Hall–Kier alpha value is -4.57. The van der Waals surface area contributed by atoms with Gasteiger partial charge in [-0.3, -0.25) is 28.8 Å². The van der Waals surface area contributed by atoms with Crippen LogP contribution in [0.2, 0.25) is 0 Å². The van der Waals surface area contributed by atoms with Crippen molar-refractivity contribution < 1.29 is 43.8 Å². The summed E-state index contributed by atoms with van der Waals surface area (Å²) in [5.74, 6) is -6.35. The molecular formula is C33H51N7O9. The van der Waals surface area contributed by atoms with Crippen LogP contribution in [0.1, 0.15) is 71.3 Å².